The Morgan fingerprint density at radius 2 is 1.51 bits per heavy atom. The molecule has 3 amide bonds. The number of amides is 3. The summed E-state index contributed by atoms with van der Waals surface area (Å²) in [5, 5.41) is 8.69. The number of anilines is 2. The molecule has 0 bridgehead atoms. The molecule has 0 radical (unpaired) electrons. The molecule has 0 saturated heterocycles. The molecule has 0 aliphatic heterocycles. The minimum Gasteiger partial charge on any atom is -0.325 e. The molecule has 0 heterocycles. The van der Waals surface area contributed by atoms with Crippen molar-refractivity contribution in [1.29, 1.82) is 0 Å². The van der Waals surface area contributed by atoms with E-state index in [2.05, 4.69) is 16.0 Å². The zero-order valence-electron chi connectivity index (χ0n) is 22.7. The lowest BCUT2D eigenvalue weighted by molar-refractivity contribution is -0.116. The fraction of sp³-hybridized carbons (Fsp3) is 0.121. The minimum absolute atomic E-state index is 0.0361. The molecule has 3 N–H and O–H groups in total. The van der Waals surface area contributed by atoms with E-state index in [1.165, 1.54) is 11.8 Å². The lowest BCUT2D eigenvalue weighted by Gasteiger charge is -2.16. The Morgan fingerprint density at radius 3 is 2.22 bits per heavy atom. The summed E-state index contributed by atoms with van der Waals surface area (Å²) < 4.78 is 0. The summed E-state index contributed by atoms with van der Waals surface area (Å²) in [5.41, 5.74) is 3.38. The van der Waals surface area contributed by atoms with Crippen LogP contribution in [0.5, 0.6) is 0 Å². The Morgan fingerprint density at radius 1 is 0.829 bits per heavy atom. The van der Waals surface area contributed by atoms with E-state index in [0.29, 0.717) is 28.3 Å². The summed E-state index contributed by atoms with van der Waals surface area (Å²) in [4.78, 5) is 40.1. The largest absolute Gasteiger partial charge is 0.325 e. The Kier molecular flexibility index (Phi) is 10.4. The maximum atomic E-state index is 13.4. The monoisotopic (exact) mass is 583 g/mol. The Balaban J connectivity index is 1.51. The van der Waals surface area contributed by atoms with Gasteiger partial charge in [-0.2, -0.15) is 0 Å². The zero-order chi connectivity index (χ0) is 29.2. The number of nitrogens with one attached hydrogen (secondary N) is 3. The molecule has 0 aliphatic rings. The molecular weight excluding hydrogens is 554 g/mol. The van der Waals surface area contributed by atoms with Crippen LogP contribution >= 0.6 is 23.4 Å². The van der Waals surface area contributed by atoms with Gasteiger partial charge in [-0.05, 0) is 79.1 Å². The van der Waals surface area contributed by atoms with Gasteiger partial charge in [-0.25, -0.2) is 0 Å². The molecule has 208 valence electrons. The number of aryl methyl sites for hydroxylation is 1. The summed E-state index contributed by atoms with van der Waals surface area (Å²) in [6.07, 6.45) is 2.16. The normalized spacial score (nSPS) is 11.8. The highest BCUT2D eigenvalue weighted by molar-refractivity contribution is 8.00. The first-order valence-electron chi connectivity index (χ1n) is 13.1. The third kappa shape index (κ3) is 8.58. The molecule has 0 aliphatic carbocycles. The maximum absolute atomic E-state index is 13.4. The van der Waals surface area contributed by atoms with Gasteiger partial charge in [-0.1, -0.05) is 73.1 Å². The lowest BCUT2D eigenvalue weighted by atomic mass is 10.1. The smallest absolute Gasteiger partial charge is 0.272 e. The molecule has 0 fully saturated rings. The SMILES string of the molecule is CCC(Sc1cccc(NC(=O)/C(=C\c2ccccc2Cl)NC(=O)c2ccccc2)c1)C(=O)Nc1cccc(C)c1. The number of carbonyl (C=O) groups excluding carboxylic acids is 3. The Bertz CT molecular complexity index is 1570. The van der Waals surface area contributed by atoms with Gasteiger partial charge >= 0.3 is 0 Å². The molecule has 8 heteroatoms. The first-order valence-corrected chi connectivity index (χ1v) is 14.4. The topological polar surface area (TPSA) is 87.3 Å². The molecule has 0 spiro atoms. The van der Waals surface area contributed by atoms with Crippen LogP contribution in [0.15, 0.2) is 114 Å². The summed E-state index contributed by atoms with van der Waals surface area (Å²) >= 11 is 7.75. The Hall–Kier alpha value is -4.33. The minimum atomic E-state index is -0.513. The van der Waals surface area contributed by atoms with Gasteiger partial charge in [0.15, 0.2) is 0 Å². The number of hydrogen-bond acceptors (Lipinski definition) is 4. The number of hydrogen-bond donors (Lipinski definition) is 3. The standard InChI is InChI=1S/C33H30ClN3O3S/c1-3-30(33(40)36-25-15-9-11-22(2)19-25)41-27-17-10-16-26(21-27)35-32(39)29(20-24-14-7-8-18-28(24)34)37-31(38)23-12-5-4-6-13-23/h4-21,30H,3H2,1-2H3,(H,35,39)(H,36,40)(H,37,38)/b29-20+. The van der Waals surface area contributed by atoms with Crippen LogP contribution in [0.4, 0.5) is 11.4 Å². The van der Waals surface area contributed by atoms with Crippen LogP contribution in [0.2, 0.25) is 5.02 Å². The van der Waals surface area contributed by atoms with Crippen LogP contribution in [0.3, 0.4) is 0 Å². The molecule has 6 nitrogen and oxygen atoms in total. The second-order valence-electron chi connectivity index (χ2n) is 9.26. The molecular formula is C33H30ClN3O3S. The number of thioether (sulfide) groups is 1. The van der Waals surface area contributed by atoms with Crippen molar-refractivity contribution in [2.24, 2.45) is 0 Å². The fourth-order valence-electron chi connectivity index (χ4n) is 3.97. The van der Waals surface area contributed by atoms with Crippen molar-refractivity contribution in [1.82, 2.24) is 5.32 Å². The molecule has 1 unspecified atom stereocenters. The second kappa shape index (κ2) is 14.3. The van der Waals surface area contributed by atoms with E-state index in [4.69, 9.17) is 11.6 Å². The first kappa shape index (κ1) is 29.6. The average Bonchev–Trinajstić information content (AvgIpc) is 2.97. The fourth-order valence-corrected chi connectivity index (χ4v) is 5.17. The van der Waals surface area contributed by atoms with Crippen LogP contribution < -0.4 is 16.0 Å². The van der Waals surface area contributed by atoms with Crippen LogP contribution in [-0.2, 0) is 9.59 Å². The van der Waals surface area contributed by atoms with E-state index < -0.39 is 11.8 Å². The lowest BCUT2D eigenvalue weighted by Crippen LogP contribution is -2.30. The van der Waals surface area contributed by atoms with Crippen molar-refractivity contribution in [2.45, 2.75) is 30.4 Å². The Labute approximate surface area is 249 Å². The van der Waals surface area contributed by atoms with E-state index >= 15 is 0 Å². The molecule has 1 atom stereocenters. The van der Waals surface area contributed by atoms with Gasteiger partial charge in [0.2, 0.25) is 5.91 Å². The molecule has 4 aromatic rings. The molecule has 4 aromatic carbocycles. The van der Waals surface area contributed by atoms with Crippen LogP contribution in [-0.4, -0.2) is 23.0 Å². The highest BCUT2D eigenvalue weighted by Gasteiger charge is 2.19. The second-order valence-corrected chi connectivity index (χ2v) is 10.9. The number of halogens is 1. The van der Waals surface area contributed by atoms with Gasteiger partial charge in [0.1, 0.15) is 5.70 Å². The van der Waals surface area contributed by atoms with E-state index in [1.54, 1.807) is 66.7 Å². The summed E-state index contributed by atoms with van der Waals surface area (Å²) in [6.45, 7) is 3.93. The molecule has 0 saturated carbocycles. The number of benzene rings is 4. The van der Waals surface area contributed by atoms with Crippen molar-refractivity contribution in [3.63, 3.8) is 0 Å². The highest BCUT2D eigenvalue weighted by Crippen LogP contribution is 2.29. The predicted octanol–water partition coefficient (Wildman–Crippen LogP) is 7.57. The first-order chi connectivity index (χ1) is 19.8. The van der Waals surface area contributed by atoms with Crippen molar-refractivity contribution in [3.05, 3.63) is 131 Å². The van der Waals surface area contributed by atoms with Crippen molar-refractivity contribution < 1.29 is 14.4 Å². The predicted molar refractivity (Wildman–Crippen MR) is 168 cm³/mol. The van der Waals surface area contributed by atoms with E-state index in [9.17, 15) is 14.4 Å². The third-order valence-corrected chi connectivity index (χ3v) is 7.76. The van der Waals surface area contributed by atoms with Gasteiger partial charge in [0.05, 0.1) is 5.25 Å². The third-order valence-electron chi connectivity index (χ3n) is 6.05. The van der Waals surface area contributed by atoms with Gasteiger partial charge in [0.25, 0.3) is 11.8 Å². The van der Waals surface area contributed by atoms with Crippen molar-refractivity contribution in [3.8, 4) is 0 Å². The van der Waals surface area contributed by atoms with Crippen LogP contribution in [0.25, 0.3) is 6.08 Å². The van der Waals surface area contributed by atoms with Crippen molar-refractivity contribution in [2.75, 3.05) is 10.6 Å². The summed E-state index contributed by atoms with van der Waals surface area (Å²) in [5.74, 6) is -1.03. The van der Waals surface area contributed by atoms with Gasteiger partial charge in [-0.3, -0.25) is 14.4 Å². The zero-order valence-corrected chi connectivity index (χ0v) is 24.3. The summed E-state index contributed by atoms with van der Waals surface area (Å²) in [7, 11) is 0. The molecule has 41 heavy (non-hydrogen) atoms. The average molecular weight is 584 g/mol. The van der Waals surface area contributed by atoms with E-state index in [-0.39, 0.29) is 16.9 Å². The van der Waals surface area contributed by atoms with Crippen LogP contribution in [0, 0.1) is 6.92 Å². The maximum Gasteiger partial charge on any atom is 0.272 e. The van der Waals surface area contributed by atoms with Crippen molar-refractivity contribution >= 4 is 58.5 Å². The molecule has 4 rings (SSSR count). The highest BCUT2D eigenvalue weighted by atomic mass is 35.5. The number of carbonyl (C=O) groups is 3. The summed E-state index contributed by atoms with van der Waals surface area (Å²) in [6, 6.07) is 30.6. The van der Waals surface area contributed by atoms with Gasteiger partial charge in [-0.15, -0.1) is 11.8 Å². The quantitative estimate of drug-likeness (QED) is 0.133. The number of rotatable bonds is 10. The van der Waals surface area contributed by atoms with E-state index in [1.807, 2.05) is 56.3 Å². The van der Waals surface area contributed by atoms with Gasteiger partial charge in [0, 0.05) is 26.9 Å². The molecule has 0 aromatic heterocycles. The van der Waals surface area contributed by atoms with E-state index in [0.717, 1.165) is 16.1 Å². The van der Waals surface area contributed by atoms with Crippen LogP contribution in [0.1, 0.15) is 34.8 Å². The van der Waals surface area contributed by atoms with Gasteiger partial charge < -0.3 is 16.0 Å².